The van der Waals surface area contributed by atoms with E-state index in [1.807, 2.05) is 13.0 Å². The summed E-state index contributed by atoms with van der Waals surface area (Å²) in [6.07, 6.45) is 0. The van der Waals surface area contributed by atoms with E-state index >= 15 is 0 Å². The van der Waals surface area contributed by atoms with E-state index in [1.54, 1.807) is 0 Å². The fourth-order valence-corrected chi connectivity index (χ4v) is 2.77. The standard InChI is InChI=1S/C18H15N/c1-11-12(2)16-8-14-6-4-5-7-15(14)9-17(16)18(10-19)13(11)3/h4-9H,1-3H3. The molecule has 3 aromatic carbocycles. The van der Waals surface area contributed by atoms with Crippen molar-refractivity contribution in [2.45, 2.75) is 20.8 Å². The fraction of sp³-hybridized carbons (Fsp3) is 0.167. The SMILES string of the molecule is Cc1c(C)c(C#N)c2cc3ccccc3cc2c1C. The molecule has 0 aliphatic rings. The summed E-state index contributed by atoms with van der Waals surface area (Å²) in [5.74, 6) is 0. The van der Waals surface area contributed by atoms with Crippen LogP contribution in [0.5, 0.6) is 0 Å². The molecule has 0 unspecified atom stereocenters. The summed E-state index contributed by atoms with van der Waals surface area (Å²) in [5.41, 5.74) is 4.41. The highest BCUT2D eigenvalue weighted by molar-refractivity contribution is 6.03. The maximum absolute atomic E-state index is 9.45. The lowest BCUT2D eigenvalue weighted by atomic mass is 9.90. The second-order valence-corrected chi connectivity index (χ2v) is 5.11. The Hall–Kier alpha value is -2.33. The summed E-state index contributed by atoms with van der Waals surface area (Å²) in [6.45, 7) is 6.27. The van der Waals surface area contributed by atoms with Gasteiger partial charge >= 0.3 is 0 Å². The monoisotopic (exact) mass is 245 g/mol. The lowest BCUT2D eigenvalue weighted by Gasteiger charge is -2.13. The van der Waals surface area contributed by atoms with Gasteiger partial charge in [-0.2, -0.15) is 5.26 Å². The van der Waals surface area contributed by atoms with Gasteiger partial charge in [0.05, 0.1) is 5.56 Å². The zero-order chi connectivity index (χ0) is 13.6. The molecule has 0 saturated heterocycles. The van der Waals surface area contributed by atoms with E-state index in [2.05, 4.69) is 50.2 Å². The normalized spacial score (nSPS) is 10.8. The Morgan fingerprint density at radius 3 is 1.95 bits per heavy atom. The highest BCUT2D eigenvalue weighted by Crippen LogP contribution is 2.32. The summed E-state index contributed by atoms with van der Waals surface area (Å²) in [5, 5.41) is 14.1. The summed E-state index contributed by atoms with van der Waals surface area (Å²) in [6, 6.07) is 15.0. The van der Waals surface area contributed by atoms with Gasteiger partial charge in [-0.15, -0.1) is 0 Å². The Labute approximate surface area is 113 Å². The fourth-order valence-electron chi connectivity index (χ4n) is 2.77. The second-order valence-electron chi connectivity index (χ2n) is 5.11. The largest absolute Gasteiger partial charge is 0.192 e. The molecule has 0 heterocycles. The topological polar surface area (TPSA) is 23.8 Å². The molecule has 3 rings (SSSR count). The molecule has 0 bridgehead atoms. The Balaban J connectivity index is 2.61. The van der Waals surface area contributed by atoms with E-state index < -0.39 is 0 Å². The third kappa shape index (κ3) is 1.61. The van der Waals surface area contributed by atoms with Crippen LogP contribution in [0.4, 0.5) is 0 Å². The average Bonchev–Trinajstić information content (AvgIpc) is 2.44. The molecule has 0 atom stereocenters. The number of benzene rings is 3. The quantitative estimate of drug-likeness (QED) is 0.522. The van der Waals surface area contributed by atoms with Crippen molar-refractivity contribution < 1.29 is 0 Å². The van der Waals surface area contributed by atoms with Gasteiger partial charge in [0.2, 0.25) is 0 Å². The highest BCUT2D eigenvalue weighted by atomic mass is 14.3. The van der Waals surface area contributed by atoms with Gasteiger partial charge in [0.1, 0.15) is 6.07 Å². The minimum absolute atomic E-state index is 0.809. The van der Waals surface area contributed by atoms with E-state index in [0.29, 0.717) is 0 Å². The van der Waals surface area contributed by atoms with E-state index in [4.69, 9.17) is 0 Å². The molecule has 0 saturated carbocycles. The van der Waals surface area contributed by atoms with Crippen LogP contribution in [-0.4, -0.2) is 0 Å². The summed E-state index contributed by atoms with van der Waals surface area (Å²) < 4.78 is 0. The zero-order valence-corrected chi connectivity index (χ0v) is 11.4. The summed E-state index contributed by atoms with van der Waals surface area (Å²) in [4.78, 5) is 0. The first kappa shape index (κ1) is 11.7. The van der Waals surface area contributed by atoms with Gasteiger partial charge in [-0.3, -0.25) is 0 Å². The van der Waals surface area contributed by atoms with Gasteiger partial charge in [0.15, 0.2) is 0 Å². The number of nitriles is 1. The number of hydrogen-bond acceptors (Lipinski definition) is 1. The van der Waals surface area contributed by atoms with Crippen molar-refractivity contribution in [1.82, 2.24) is 0 Å². The molecule has 3 aromatic rings. The predicted octanol–water partition coefficient (Wildman–Crippen LogP) is 4.79. The third-order valence-corrected chi connectivity index (χ3v) is 4.17. The maximum Gasteiger partial charge on any atom is 0.100 e. The van der Waals surface area contributed by atoms with Gasteiger partial charge in [-0.25, -0.2) is 0 Å². The van der Waals surface area contributed by atoms with Crippen LogP contribution in [0.1, 0.15) is 22.3 Å². The van der Waals surface area contributed by atoms with Crippen LogP contribution < -0.4 is 0 Å². The lowest BCUT2D eigenvalue weighted by Crippen LogP contribution is -1.95. The minimum Gasteiger partial charge on any atom is -0.192 e. The molecule has 0 spiro atoms. The van der Waals surface area contributed by atoms with Crippen molar-refractivity contribution in [2.24, 2.45) is 0 Å². The van der Waals surface area contributed by atoms with Gasteiger partial charge in [0.25, 0.3) is 0 Å². The molecule has 0 aromatic heterocycles. The van der Waals surface area contributed by atoms with Crippen LogP contribution >= 0.6 is 0 Å². The van der Waals surface area contributed by atoms with Crippen molar-refractivity contribution >= 4 is 21.5 Å². The maximum atomic E-state index is 9.45. The highest BCUT2D eigenvalue weighted by Gasteiger charge is 2.12. The number of fused-ring (bicyclic) bond motifs is 2. The van der Waals surface area contributed by atoms with Crippen LogP contribution in [0.2, 0.25) is 0 Å². The molecule has 1 nitrogen and oxygen atoms in total. The minimum atomic E-state index is 0.809. The Morgan fingerprint density at radius 1 is 0.789 bits per heavy atom. The van der Waals surface area contributed by atoms with Crippen molar-refractivity contribution in [3.05, 3.63) is 58.7 Å². The molecule has 0 aliphatic heterocycles. The van der Waals surface area contributed by atoms with E-state index in [0.717, 1.165) is 16.5 Å². The lowest BCUT2D eigenvalue weighted by molar-refractivity contribution is 1.28. The molecule has 19 heavy (non-hydrogen) atoms. The Bertz CT molecular complexity index is 851. The number of rotatable bonds is 0. The third-order valence-electron chi connectivity index (χ3n) is 4.17. The van der Waals surface area contributed by atoms with Crippen molar-refractivity contribution in [1.29, 1.82) is 5.26 Å². The van der Waals surface area contributed by atoms with Gasteiger partial charge in [-0.05, 0) is 65.8 Å². The predicted molar refractivity (Wildman–Crippen MR) is 80.4 cm³/mol. The number of aryl methyl sites for hydroxylation is 1. The van der Waals surface area contributed by atoms with Gasteiger partial charge in [0, 0.05) is 5.39 Å². The number of hydrogen-bond donors (Lipinski definition) is 0. The molecule has 0 amide bonds. The van der Waals surface area contributed by atoms with Crippen molar-refractivity contribution in [2.75, 3.05) is 0 Å². The Kier molecular flexibility index (Phi) is 2.54. The number of nitrogens with zero attached hydrogens (tertiary/aromatic N) is 1. The molecule has 1 heteroatoms. The second kappa shape index (κ2) is 4.10. The van der Waals surface area contributed by atoms with Crippen LogP contribution in [0.25, 0.3) is 21.5 Å². The molecule has 0 radical (unpaired) electrons. The van der Waals surface area contributed by atoms with E-state index in [-0.39, 0.29) is 0 Å². The van der Waals surface area contributed by atoms with Crippen LogP contribution in [-0.2, 0) is 0 Å². The van der Waals surface area contributed by atoms with Crippen LogP contribution in [0.15, 0.2) is 36.4 Å². The molecule has 0 N–H and O–H groups in total. The summed E-state index contributed by atoms with van der Waals surface area (Å²) >= 11 is 0. The average molecular weight is 245 g/mol. The van der Waals surface area contributed by atoms with Gasteiger partial charge in [-0.1, -0.05) is 24.3 Å². The molecule has 0 aliphatic carbocycles. The van der Waals surface area contributed by atoms with Crippen molar-refractivity contribution in [3.8, 4) is 6.07 Å². The van der Waals surface area contributed by atoms with Crippen LogP contribution in [0.3, 0.4) is 0 Å². The van der Waals surface area contributed by atoms with Crippen molar-refractivity contribution in [3.63, 3.8) is 0 Å². The molecule has 92 valence electrons. The first-order valence-electron chi connectivity index (χ1n) is 6.46. The first-order valence-corrected chi connectivity index (χ1v) is 6.46. The van der Waals surface area contributed by atoms with Gasteiger partial charge < -0.3 is 0 Å². The first-order chi connectivity index (χ1) is 9.13. The molecule has 0 fully saturated rings. The summed E-state index contributed by atoms with van der Waals surface area (Å²) in [7, 11) is 0. The molecular weight excluding hydrogens is 230 g/mol. The van der Waals surface area contributed by atoms with Crippen LogP contribution in [0, 0.1) is 32.1 Å². The molecular formula is C18H15N. The van der Waals surface area contributed by atoms with E-state index in [1.165, 1.54) is 27.3 Å². The smallest absolute Gasteiger partial charge is 0.100 e. The zero-order valence-electron chi connectivity index (χ0n) is 11.4. The Morgan fingerprint density at radius 2 is 1.37 bits per heavy atom. The van der Waals surface area contributed by atoms with E-state index in [9.17, 15) is 5.26 Å².